The lowest BCUT2D eigenvalue weighted by Gasteiger charge is -2.14. The molecule has 1 aromatic rings. The van der Waals surface area contributed by atoms with E-state index in [-0.39, 0.29) is 0 Å². The molecule has 1 aliphatic heterocycles. The van der Waals surface area contributed by atoms with Gasteiger partial charge in [-0.15, -0.1) is 11.3 Å². The summed E-state index contributed by atoms with van der Waals surface area (Å²) in [6.07, 6.45) is 3.33. The summed E-state index contributed by atoms with van der Waals surface area (Å²) in [5, 5.41) is 7.74. The first-order chi connectivity index (χ1) is 6.86. The molecule has 0 aliphatic carbocycles. The van der Waals surface area contributed by atoms with E-state index >= 15 is 0 Å². The van der Waals surface area contributed by atoms with Crippen LogP contribution >= 0.6 is 11.3 Å². The maximum atomic E-state index is 5.38. The Morgan fingerprint density at radius 3 is 3.07 bits per heavy atom. The SMILES string of the molecule is Cc1cscc1NCC1=CCCOC1. The number of aryl methyl sites for hydroxylation is 1. The van der Waals surface area contributed by atoms with Crippen molar-refractivity contribution in [3.8, 4) is 0 Å². The maximum absolute atomic E-state index is 5.38. The third-order valence-corrected chi connectivity index (χ3v) is 3.21. The molecule has 0 radical (unpaired) electrons. The normalized spacial score (nSPS) is 16.5. The molecular weight excluding hydrogens is 194 g/mol. The molecule has 2 nitrogen and oxygen atoms in total. The van der Waals surface area contributed by atoms with Crippen molar-refractivity contribution in [2.24, 2.45) is 0 Å². The van der Waals surface area contributed by atoms with E-state index in [0.717, 1.165) is 26.2 Å². The maximum Gasteiger partial charge on any atom is 0.0693 e. The summed E-state index contributed by atoms with van der Waals surface area (Å²) >= 11 is 1.74. The van der Waals surface area contributed by atoms with Crippen LogP contribution in [0.3, 0.4) is 0 Å². The highest BCUT2D eigenvalue weighted by Crippen LogP contribution is 2.19. The standard InChI is InChI=1S/C11H15NOS/c1-9-7-14-8-11(9)12-5-10-3-2-4-13-6-10/h3,7-8,12H,2,4-6H2,1H3. The van der Waals surface area contributed by atoms with Gasteiger partial charge in [-0.2, -0.15) is 0 Å². The van der Waals surface area contributed by atoms with Crippen LogP contribution in [0, 0.1) is 6.92 Å². The molecule has 1 N–H and O–H groups in total. The number of anilines is 1. The zero-order valence-electron chi connectivity index (χ0n) is 8.38. The molecule has 0 saturated carbocycles. The topological polar surface area (TPSA) is 21.3 Å². The van der Waals surface area contributed by atoms with E-state index in [9.17, 15) is 0 Å². The predicted molar refractivity (Wildman–Crippen MR) is 61.1 cm³/mol. The fraction of sp³-hybridized carbons (Fsp3) is 0.455. The van der Waals surface area contributed by atoms with Gasteiger partial charge in [-0.3, -0.25) is 0 Å². The minimum absolute atomic E-state index is 0.788. The monoisotopic (exact) mass is 209 g/mol. The minimum Gasteiger partial charge on any atom is -0.380 e. The third-order valence-electron chi connectivity index (χ3n) is 2.34. The summed E-state index contributed by atoms with van der Waals surface area (Å²) in [5.41, 5.74) is 3.94. The van der Waals surface area contributed by atoms with E-state index in [0.29, 0.717) is 0 Å². The van der Waals surface area contributed by atoms with Crippen LogP contribution in [0.25, 0.3) is 0 Å². The van der Waals surface area contributed by atoms with Crippen molar-refractivity contribution in [3.05, 3.63) is 28.0 Å². The van der Waals surface area contributed by atoms with Crippen LogP contribution in [0.4, 0.5) is 5.69 Å². The highest BCUT2D eigenvalue weighted by Gasteiger charge is 2.04. The van der Waals surface area contributed by atoms with Gasteiger partial charge in [-0.1, -0.05) is 6.08 Å². The van der Waals surface area contributed by atoms with Gasteiger partial charge in [0.2, 0.25) is 0 Å². The summed E-state index contributed by atoms with van der Waals surface area (Å²) < 4.78 is 5.38. The molecule has 0 fully saturated rings. The highest BCUT2D eigenvalue weighted by atomic mass is 32.1. The molecule has 76 valence electrons. The Labute approximate surface area is 88.6 Å². The average Bonchev–Trinajstić information content (AvgIpc) is 2.63. The Hall–Kier alpha value is -0.800. The van der Waals surface area contributed by atoms with E-state index in [1.54, 1.807) is 11.3 Å². The van der Waals surface area contributed by atoms with Crippen LogP contribution in [0.1, 0.15) is 12.0 Å². The summed E-state index contributed by atoms with van der Waals surface area (Å²) in [7, 11) is 0. The largest absolute Gasteiger partial charge is 0.380 e. The van der Waals surface area contributed by atoms with Gasteiger partial charge < -0.3 is 10.1 Å². The van der Waals surface area contributed by atoms with Crippen LogP contribution in [-0.2, 0) is 4.74 Å². The molecule has 0 amide bonds. The molecular formula is C11H15NOS. The highest BCUT2D eigenvalue weighted by molar-refractivity contribution is 7.08. The van der Waals surface area contributed by atoms with Gasteiger partial charge in [0.25, 0.3) is 0 Å². The molecule has 3 heteroatoms. The lowest BCUT2D eigenvalue weighted by Crippen LogP contribution is -2.13. The van der Waals surface area contributed by atoms with Crippen LogP contribution in [0.15, 0.2) is 22.4 Å². The Kier molecular flexibility index (Phi) is 3.22. The summed E-state index contributed by atoms with van der Waals surface area (Å²) in [6, 6.07) is 0. The summed E-state index contributed by atoms with van der Waals surface area (Å²) in [6.45, 7) is 4.71. The number of nitrogens with one attached hydrogen (secondary N) is 1. The molecule has 0 unspecified atom stereocenters. The van der Waals surface area contributed by atoms with Crippen LogP contribution in [-0.4, -0.2) is 19.8 Å². The number of hydrogen-bond acceptors (Lipinski definition) is 3. The van der Waals surface area contributed by atoms with Gasteiger partial charge in [-0.05, 0) is 29.9 Å². The molecule has 2 rings (SSSR count). The van der Waals surface area contributed by atoms with Crippen molar-refractivity contribution in [2.45, 2.75) is 13.3 Å². The van der Waals surface area contributed by atoms with Crippen molar-refractivity contribution >= 4 is 17.0 Å². The van der Waals surface area contributed by atoms with Crippen LogP contribution in [0.2, 0.25) is 0 Å². The number of rotatable bonds is 3. The second kappa shape index (κ2) is 4.62. The molecule has 2 heterocycles. The second-order valence-electron chi connectivity index (χ2n) is 3.53. The quantitative estimate of drug-likeness (QED) is 0.773. The first kappa shape index (κ1) is 9.74. The van der Waals surface area contributed by atoms with E-state index in [4.69, 9.17) is 4.74 Å². The predicted octanol–water partition coefficient (Wildman–Crippen LogP) is 2.82. The lowest BCUT2D eigenvalue weighted by molar-refractivity contribution is 0.150. The second-order valence-corrected chi connectivity index (χ2v) is 4.27. The number of thiophene rings is 1. The average molecular weight is 209 g/mol. The molecule has 1 aliphatic rings. The zero-order chi connectivity index (χ0) is 9.80. The molecule has 0 aromatic carbocycles. The Morgan fingerprint density at radius 2 is 2.43 bits per heavy atom. The van der Waals surface area contributed by atoms with Crippen LogP contribution in [0.5, 0.6) is 0 Å². The van der Waals surface area contributed by atoms with Gasteiger partial charge >= 0.3 is 0 Å². The fourth-order valence-electron chi connectivity index (χ4n) is 1.48. The van der Waals surface area contributed by atoms with Crippen LogP contribution < -0.4 is 5.32 Å². The Balaban J connectivity index is 1.88. The zero-order valence-corrected chi connectivity index (χ0v) is 9.19. The van der Waals surface area contributed by atoms with Crippen molar-refractivity contribution in [1.82, 2.24) is 0 Å². The number of hydrogen-bond donors (Lipinski definition) is 1. The van der Waals surface area contributed by atoms with E-state index in [1.807, 2.05) is 0 Å². The van der Waals surface area contributed by atoms with Crippen molar-refractivity contribution in [1.29, 1.82) is 0 Å². The van der Waals surface area contributed by atoms with Crippen molar-refractivity contribution < 1.29 is 4.74 Å². The summed E-state index contributed by atoms with van der Waals surface area (Å²) in [5.74, 6) is 0. The molecule has 14 heavy (non-hydrogen) atoms. The lowest BCUT2D eigenvalue weighted by atomic mass is 10.2. The number of ether oxygens (including phenoxy) is 1. The van der Waals surface area contributed by atoms with Crippen molar-refractivity contribution in [2.75, 3.05) is 25.1 Å². The third kappa shape index (κ3) is 2.36. The first-order valence-corrected chi connectivity index (χ1v) is 5.83. The molecule has 0 spiro atoms. The fourth-order valence-corrected chi connectivity index (χ4v) is 2.29. The van der Waals surface area contributed by atoms with Gasteiger partial charge in [-0.25, -0.2) is 0 Å². The first-order valence-electron chi connectivity index (χ1n) is 4.88. The molecule has 0 saturated heterocycles. The van der Waals surface area contributed by atoms with Gasteiger partial charge in [0.1, 0.15) is 0 Å². The summed E-state index contributed by atoms with van der Waals surface area (Å²) in [4.78, 5) is 0. The van der Waals surface area contributed by atoms with E-state index in [1.165, 1.54) is 16.8 Å². The molecule has 0 atom stereocenters. The van der Waals surface area contributed by atoms with Crippen molar-refractivity contribution in [3.63, 3.8) is 0 Å². The Morgan fingerprint density at radius 1 is 1.50 bits per heavy atom. The van der Waals surface area contributed by atoms with E-state index in [2.05, 4.69) is 29.1 Å². The van der Waals surface area contributed by atoms with Gasteiger partial charge in [0.05, 0.1) is 13.2 Å². The van der Waals surface area contributed by atoms with E-state index < -0.39 is 0 Å². The smallest absolute Gasteiger partial charge is 0.0693 e. The van der Waals surface area contributed by atoms with Gasteiger partial charge in [0, 0.05) is 17.6 Å². The molecule has 1 aromatic heterocycles. The minimum atomic E-state index is 0.788. The van der Waals surface area contributed by atoms with Gasteiger partial charge in [0.15, 0.2) is 0 Å². The Bertz CT molecular complexity index is 330. The molecule has 0 bridgehead atoms.